The van der Waals surface area contributed by atoms with Crippen molar-refractivity contribution >= 4 is 51.2 Å². The summed E-state index contributed by atoms with van der Waals surface area (Å²) >= 11 is 3.68. The quantitative estimate of drug-likeness (QED) is 0.607. The van der Waals surface area contributed by atoms with Crippen molar-refractivity contribution < 1.29 is 14.3 Å². The Labute approximate surface area is 134 Å². The number of thiophene rings is 1. The number of nitrogen functional groups attached to an aromatic ring is 1. The molecule has 0 spiro atoms. The van der Waals surface area contributed by atoms with Gasteiger partial charge in [0.05, 0.1) is 34.0 Å². The highest BCUT2D eigenvalue weighted by atomic mass is 127. The summed E-state index contributed by atoms with van der Waals surface area (Å²) in [5.74, 6) is 0.827. The molecule has 3 N–H and O–H groups in total. The number of amides is 1. The highest BCUT2D eigenvalue weighted by molar-refractivity contribution is 14.1. The van der Waals surface area contributed by atoms with Crippen LogP contribution in [-0.4, -0.2) is 20.1 Å². The number of carbonyl (C=O) groups is 1. The second-order valence-electron chi connectivity index (χ2n) is 3.89. The van der Waals surface area contributed by atoms with Crippen LogP contribution in [-0.2, 0) is 0 Å². The topological polar surface area (TPSA) is 73.6 Å². The molecule has 0 aliphatic rings. The van der Waals surface area contributed by atoms with Gasteiger partial charge in [-0.1, -0.05) is 0 Å². The van der Waals surface area contributed by atoms with Crippen molar-refractivity contribution in [2.75, 3.05) is 25.3 Å². The number of hydrogen-bond donors (Lipinski definition) is 2. The predicted molar refractivity (Wildman–Crippen MR) is 88.9 cm³/mol. The fourth-order valence-corrected chi connectivity index (χ4v) is 2.95. The van der Waals surface area contributed by atoms with Crippen molar-refractivity contribution in [1.29, 1.82) is 0 Å². The fourth-order valence-electron chi connectivity index (χ4n) is 1.63. The number of carbonyl (C=O) groups excluding carboxylic acids is 1. The number of ether oxygens (including phenoxy) is 2. The van der Waals surface area contributed by atoms with E-state index in [0.717, 1.165) is 2.88 Å². The van der Waals surface area contributed by atoms with Gasteiger partial charge < -0.3 is 20.5 Å². The third-order valence-corrected chi connectivity index (χ3v) is 4.42. The van der Waals surface area contributed by atoms with Crippen molar-refractivity contribution in [1.82, 2.24) is 0 Å². The van der Waals surface area contributed by atoms with E-state index in [4.69, 9.17) is 15.2 Å². The molecule has 1 amide bonds. The Kier molecular flexibility index (Phi) is 4.71. The lowest BCUT2D eigenvalue weighted by molar-refractivity contribution is 0.102. The first-order valence-electron chi connectivity index (χ1n) is 5.62. The zero-order chi connectivity index (χ0) is 14.7. The second kappa shape index (κ2) is 6.31. The van der Waals surface area contributed by atoms with Crippen LogP contribution in [0.5, 0.6) is 11.5 Å². The Hall–Kier alpha value is -1.48. The maximum absolute atomic E-state index is 12.1. The van der Waals surface area contributed by atoms with Crippen molar-refractivity contribution in [3.05, 3.63) is 32.0 Å². The van der Waals surface area contributed by atoms with Crippen molar-refractivity contribution in [3.8, 4) is 11.5 Å². The van der Waals surface area contributed by atoms with Gasteiger partial charge in [0.25, 0.3) is 5.91 Å². The standard InChI is InChI=1S/C13H13IN2O3S/c1-18-10-4-8(15)9(5-11(10)19-2)16-13(17)7-3-12(14)20-6-7/h3-6H,15H2,1-2H3,(H,16,17). The van der Waals surface area contributed by atoms with Gasteiger partial charge in [0.15, 0.2) is 11.5 Å². The summed E-state index contributed by atoms with van der Waals surface area (Å²) < 4.78 is 11.4. The summed E-state index contributed by atoms with van der Waals surface area (Å²) in [6.07, 6.45) is 0. The van der Waals surface area contributed by atoms with E-state index in [1.54, 1.807) is 17.5 Å². The largest absolute Gasteiger partial charge is 0.493 e. The van der Waals surface area contributed by atoms with Gasteiger partial charge in [-0.25, -0.2) is 0 Å². The van der Waals surface area contributed by atoms with Crippen LogP contribution in [0.4, 0.5) is 11.4 Å². The van der Waals surface area contributed by atoms with E-state index >= 15 is 0 Å². The van der Waals surface area contributed by atoms with E-state index in [1.165, 1.54) is 25.6 Å². The summed E-state index contributed by atoms with van der Waals surface area (Å²) in [4.78, 5) is 12.1. The smallest absolute Gasteiger partial charge is 0.256 e. The lowest BCUT2D eigenvalue weighted by Crippen LogP contribution is -2.12. The van der Waals surface area contributed by atoms with E-state index in [0.29, 0.717) is 28.4 Å². The first kappa shape index (κ1) is 14.9. The van der Waals surface area contributed by atoms with Crippen LogP contribution in [0.1, 0.15) is 10.4 Å². The van der Waals surface area contributed by atoms with Gasteiger partial charge in [0.1, 0.15) is 0 Å². The normalized spacial score (nSPS) is 10.2. The Morgan fingerprint density at radius 2 is 1.90 bits per heavy atom. The SMILES string of the molecule is COc1cc(N)c(NC(=O)c2csc(I)c2)cc1OC. The minimum Gasteiger partial charge on any atom is -0.493 e. The Balaban J connectivity index is 2.27. The highest BCUT2D eigenvalue weighted by Gasteiger charge is 2.13. The number of halogens is 1. The highest BCUT2D eigenvalue weighted by Crippen LogP contribution is 2.35. The molecule has 5 nitrogen and oxygen atoms in total. The molecule has 2 aromatic rings. The minimum absolute atomic E-state index is 0.205. The van der Waals surface area contributed by atoms with Crippen LogP contribution in [0, 0.1) is 2.88 Å². The molecule has 0 bridgehead atoms. The van der Waals surface area contributed by atoms with E-state index < -0.39 is 0 Å². The van der Waals surface area contributed by atoms with Gasteiger partial charge >= 0.3 is 0 Å². The Morgan fingerprint density at radius 3 is 2.45 bits per heavy atom. The van der Waals surface area contributed by atoms with Crippen LogP contribution >= 0.6 is 33.9 Å². The molecule has 1 heterocycles. The minimum atomic E-state index is -0.205. The van der Waals surface area contributed by atoms with E-state index in [-0.39, 0.29) is 5.91 Å². The van der Waals surface area contributed by atoms with Gasteiger partial charge in [-0.15, -0.1) is 11.3 Å². The number of rotatable bonds is 4. The molecule has 0 unspecified atom stereocenters. The summed E-state index contributed by atoms with van der Waals surface area (Å²) in [6, 6.07) is 5.08. The maximum Gasteiger partial charge on any atom is 0.256 e. The Bertz CT molecular complexity index is 643. The summed E-state index contributed by atoms with van der Waals surface area (Å²) in [5.41, 5.74) is 7.42. The number of benzene rings is 1. The molecule has 0 saturated heterocycles. The van der Waals surface area contributed by atoms with Gasteiger partial charge in [0, 0.05) is 17.5 Å². The monoisotopic (exact) mass is 404 g/mol. The molecular formula is C13H13IN2O3S. The van der Waals surface area contributed by atoms with E-state index in [1.807, 2.05) is 6.07 Å². The lowest BCUT2D eigenvalue weighted by Gasteiger charge is -2.13. The summed E-state index contributed by atoms with van der Waals surface area (Å²) in [7, 11) is 3.06. The van der Waals surface area contributed by atoms with Crippen molar-refractivity contribution in [2.24, 2.45) is 0 Å². The third kappa shape index (κ3) is 3.15. The van der Waals surface area contributed by atoms with Crippen LogP contribution in [0.3, 0.4) is 0 Å². The van der Waals surface area contributed by atoms with Crippen LogP contribution in [0.2, 0.25) is 0 Å². The summed E-state index contributed by atoms with van der Waals surface area (Å²) in [5, 5.41) is 4.57. The first-order valence-corrected chi connectivity index (χ1v) is 7.58. The molecule has 0 saturated carbocycles. The van der Waals surface area contributed by atoms with Crippen LogP contribution in [0.25, 0.3) is 0 Å². The molecule has 0 radical (unpaired) electrons. The van der Waals surface area contributed by atoms with Gasteiger partial charge in [-0.2, -0.15) is 0 Å². The van der Waals surface area contributed by atoms with Crippen molar-refractivity contribution in [2.45, 2.75) is 0 Å². The maximum atomic E-state index is 12.1. The lowest BCUT2D eigenvalue weighted by atomic mass is 10.2. The van der Waals surface area contributed by atoms with Crippen LogP contribution < -0.4 is 20.5 Å². The van der Waals surface area contributed by atoms with E-state index in [2.05, 4.69) is 27.9 Å². The first-order chi connectivity index (χ1) is 9.55. The zero-order valence-corrected chi connectivity index (χ0v) is 13.9. The molecule has 0 atom stereocenters. The molecule has 20 heavy (non-hydrogen) atoms. The second-order valence-corrected chi connectivity index (χ2v) is 6.69. The molecule has 0 aliphatic carbocycles. The average Bonchev–Trinajstić information content (AvgIpc) is 2.87. The average molecular weight is 404 g/mol. The van der Waals surface area contributed by atoms with Crippen LogP contribution in [0.15, 0.2) is 23.6 Å². The van der Waals surface area contributed by atoms with Gasteiger partial charge in [-0.3, -0.25) is 4.79 Å². The molecule has 0 fully saturated rings. The number of nitrogens with one attached hydrogen (secondary N) is 1. The number of nitrogens with two attached hydrogens (primary N) is 1. The summed E-state index contributed by atoms with van der Waals surface area (Å²) in [6.45, 7) is 0. The number of hydrogen-bond acceptors (Lipinski definition) is 5. The van der Waals surface area contributed by atoms with Gasteiger partial charge in [0.2, 0.25) is 0 Å². The van der Waals surface area contributed by atoms with Gasteiger partial charge in [-0.05, 0) is 28.7 Å². The molecule has 0 aliphatic heterocycles. The fraction of sp³-hybridized carbons (Fsp3) is 0.154. The molecule has 1 aromatic carbocycles. The number of methoxy groups -OCH3 is 2. The molecule has 1 aromatic heterocycles. The molecule has 2 rings (SSSR count). The molecular weight excluding hydrogens is 391 g/mol. The zero-order valence-electron chi connectivity index (χ0n) is 10.9. The third-order valence-electron chi connectivity index (χ3n) is 2.63. The molecule has 7 heteroatoms. The predicted octanol–water partition coefficient (Wildman–Crippen LogP) is 3.20. The molecule has 106 valence electrons. The van der Waals surface area contributed by atoms with Crippen molar-refractivity contribution in [3.63, 3.8) is 0 Å². The van der Waals surface area contributed by atoms with E-state index in [9.17, 15) is 4.79 Å². The Morgan fingerprint density at radius 1 is 1.25 bits per heavy atom. The number of anilines is 2.